The summed E-state index contributed by atoms with van der Waals surface area (Å²) in [4.78, 5) is 42.0. The summed E-state index contributed by atoms with van der Waals surface area (Å²) in [6.07, 6.45) is 1.36. The predicted molar refractivity (Wildman–Crippen MR) is 119 cm³/mol. The Kier molecular flexibility index (Phi) is 6.58. The van der Waals surface area contributed by atoms with E-state index in [1.807, 2.05) is 43.3 Å². The average molecular weight is 425 g/mol. The molecule has 1 fully saturated rings. The fourth-order valence-corrected chi connectivity index (χ4v) is 3.93. The number of carbonyl (C=O) groups excluding carboxylic acids is 2. The van der Waals surface area contributed by atoms with Crippen molar-refractivity contribution < 1.29 is 14.5 Å². The third-order valence-corrected chi connectivity index (χ3v) is 5.69. The Bertz CT molecular complexity index is 988. The molecule has 2 aromatic rings. The second-order valence-electron chi connectivity index (χ2n) is 8.17. The Labute approximate surface area is 182 Å². The molecule has 1 aliphatic heterocycles. The first kappa shape index (κ1) is 22.3. The van der Waals surface area contributed by atoms with Gasteiger partial charge in [0.2, 0.25) is 5.91 Å². The van der Waals surface area contributed by atoms with Crippen molar-refractivity contribution >= 4 is 23.2 Å². The van der Waals surface area contributed by atoms with Crippen LogP contribution in [0.1, 0.15) is 34.3 Å². The van der Waals surface area contributed by atoms with E-state index in [0.29, 0.717) is 30.6 Å². The second-order valence-corrected chi connectivity index (χ2v) is 8.17. The van der Waals surface area contributed by atoms with Crippen LogP contribution < -0.4 is 4.90 Å². The zero-order valence-electron chi connectivity index (χ0n) is 18.4. The molecule has 8 heteroatoms. The van der Waals surface area contributed by atoms with Crippen LogP contribution in [-0.4, -0.2) is 60.3 Å². The van der Waals surface area contributed by atoms with Gasteiger partial charge in [0.25, 0.3) is 11.6 Å². The molecule has 0 bridgehead atoms. The lowest BCUT2D eigenvalue weighted by Gasteiger charge is -2.28. The number of nitro groups is 1. The number of carbonyl (C=O) groups is 2. The molecule has 2 amide bonds. The summed E-state index contributed by atoms with van der Waals surface area (Å²) in [7, 11) is 5.70. The summed E-state index contributed by atoms with van der Waals surface area (Å²) in [6, 6.07) is 11.8. The van der Waals surface area contributed by atoms with Crippen LogP contribution in [0.25, 0.3) is 0 Å². The minimum Gasteiger partial charge on any atom is -0.378 e. The van der Waals surface area contributed by atoms with Crippen LogP contribution in [0.15, 0.2) is 42.5 Å². The molecule has 2 aromatic carbocycles. The lowest BCUT2D eigenvalue weighted by molar-refractivity contribution is -0.385. The molecular formula is C23H28N4O4. The van der Waals surface area contributed by atoms with Crippen molar-refractivity contribution in [1.82, 2.24) is 9.80 Å². The fraction of sp³-hybridized carbons (Fsp3) is 0.391. The number of anilines is 1. The number of rotatable bonds is 6. The van der Waals surface area contributed by atoms with Crippen LogP contribution in [0.3, 0.4) is 0 Å². The molecule has 1 aliphatic rings. The van der Waals surface area contributed by atoms with Gasteiger partial charge in [-0.3, -0.25) is 19.7 Å². The second kappa shape index (κ2) is 9.16. The molecule has 8 nitrogen and oxygen atoms in total. The monoisotopic (exact) mass is 424 g/mol. The minimum absolute atomic E-state index is 0.0226. The van der Waals surface area contributed by atoms with Gasteiger partial charge in [-0.05, 0) is 49.6 Å². The molecule has 31 heavy (non-hydrogen) atoms. The van der Waals surface area contributed by atoms with Gasteiger partial charge in [0.15, 0.2) is 0 Å². The summed E-state index contributed by atoms with van der Waals surface area (Å²) >= 11 is 0. The predicted octanol–water partition coefficient (Wildman–Crippen LogP) is 3.23. The molecule has 1 atom stereocenters. The van der Waals surface area contributed by atoms with Crippen LogP contribution in [0.5, 0.6) is 0 Å². The largest absolute Gasteiger partial charge is 0.378 e. The number of hydrogen-bond acceptors (Lipinski definition) is 5. The van der Waals surface area contributed by atoms with E-state index in [9.17, 15) is 19.7 Å². The van der Waals surface area contributed by atoms with E-state index < -0.39 is 11.0 Å². The van der Waals surface area contributed by atoms with Crippen molar-refractivity contribution in [2.75, 3.05) is 32.6 Å². The third-order valence-electron chi connectivity index (χ3n) is 5.69. The maximum Gasteiger partial charge on any atom is 0.272 e. The van der Waals surface area contributed by atoms with Crippen molar-refractivity contribution in [3.63, 3.8) is 0 Å². The van der Waals surface area contributed by atoms with Crippen LogP contribution >= 0.6 is 0 Å². The van der Waals surface area contributed by atoms with Crippen LogP contribution in [0.2, 0.25) is 0 Å². The zero-order chi connectivity index (χ0) is 22.7. The number of likely N-dealkylation sites (N-methyl/N-ethyl adjacent to an activating group) is 1. The standard InChI is InChI=1S/C23H28N4O4/c1-16-14-18(9-12-20(16)27(30)31)22(28)26-13-5-6-21(26)23(29)25(4)15-17-7-10-19(11-8-17)24(2)3/h7-12,14,21H,5-6,13,15H2,1-4H3. The molecule has 164 valence electrons. The van der Waals surface area contributed by atoms with Gasteiger partial charge in [0.05, 0.1) is 4.92 Å². The molecule has 0 aromatic heterocycles. The highest BCUT2D eigenvalue weighted by Crippen LogP contribution is 2.25. The normalized spacial score (nSPS) is 15.6. The van der Waals surface area contributed by atoms with Gasteiger partial charge in [-0.1, -0.05) is 12.1 Å². The number of benzene rings is 2. The van der Waals surface area contributed by atoms with Gasteiger partial charge < -0.3 is 14.7 Å². The van der Waals surface area contributed by atoms with E-state index in [1.54, 1.807) is 23.8 Å². The van der Waals surface area contributed by atoms with E-state index in [0.717, 1.165) is 17.7 Å². The molecule has 0 radical (unpaired) electrons. The van der Waals surface area contributed by atoms with Gasteiger partial charge in [-0.15, -0.1) is 0 Å². The number of nitro benzene ring substituents is 1. The quantitative estimate of drug-likeness (QED) is 0.525. The minimum atomic E-state index is -0.519. The highest BCUT2D eigenvalue weighted by atomic mass is 16.6. The lowest BCUT2D eigenvalue weighted by atomic mass is 10.1. The molecule has 0 spiro atoms. The van der Waals surface area contributed by atoms with Gasteiger partial charge in [-0.2, -0.15) is 0 Å². The number of hydrogen-bond donors (Lipinski definition) is 0. The first-order valence-electron chi connectivity index (χ1n) is 10.3. The van der Waals surface area contributed by atoms with Gasteiger partial charge in [-0.25, -0.2) is 0 Å². The Morgan fingerprint density at radius 1 is 1.13 bits per heavy atom. The van der Waals surface area contributed by atoms with Crippen LogP contribution in [0, 0.1) is 17.0 Å². The summed E-state index contributed by atoms with van der Waals surface area (Å²) in [5.74, 6) is -0.362. The van der Waals surface area contributed by atoms with Gasteiger partial charge in [0, 0.05) is 57.1 Å². The van der Waals surface area contributed by atoms with E-state index >= 15 is 0 Å². The molecular weight excluding hydrogens is 396 g/mol. The number of likely N-dealkylation sites (tertiary alicyclic amines) is 1. The molecule has 3 rings (SSSR count). The van der Waals surface area contributed by atoms with E-state index in [2.05, 4.69) is 0 Å². The Hall–Kier alpha value is -3.42. The number of aryl methyl sites for hydroxylation is 1. The maximum absolute atomic E-state index is 13.1. The maximum atomic E-state index is 13.1. The first-order valence-corrected chi connectivity index (χ1v) is 10.3. The van der Waals surface area contributed by atoms with Crippen LogP contribution in [0.4, 0.5) is 11.4 Å². The van der Waals surface area contributed by atoms with Gasteiger partial charge >= 0.3 is 0 Å². The summed E-state index contributed by atoms with van der Waals surface area (Å²) in [6.45, 7) is 2.56. The van der Waals surface area contributed by atoms with Crippen molar-refractivity contribution in [3.05, 3.63) is 69.3 Å². The van der Waals surface area contributed by atoms with Crippen molar-refractivity contribution in [3.8, 4) is 0 Å². The summed E-state index contributed by atoms with van der Waals surface area (Å²) < 4.78 is 0. The van der Waals surface area contributed by atoms with Crippen LogP contribution in [-0.2, 0) is 11.3 Å². The highest BCUT2D eigenvalue weighted by molar-refractivity contribution is 5.98. The third kappa shape index (κ3) is 4.84. The van der Waals surface area contributed by atoms with E-state index in [4.69, 9.17) is 0 Å². The average Bonchev–Trinajstić information content (AvgIpc) is 3.22. The summed E-state index contributed by atoms with van der Waals surface area (Å²) in [5, 5.41) is 11.0. The van der Waals surface area contributed by atoms with Gasteiger partial charge in [0.1, 0.15) is 6.04 Å². The van der Waals surface area contributed by atoms with E-state index in [1.165, 1.54) is 18.2 Å². The van der Waals surface area contributed by atoms with E-state index in [-0.39, 0.29) is 17.5 Å². The fourth-order valence-electron chi connectivity index (χ4n) is 3.93. The Morgan fingerprint density at radius 2 is 1.81 bits per heavy atom. The smallest absolute Gasteiger partial charge is 0.272 e. The lowest BCUT2D eigenvalue weighted by Crippen LogP contribution is -2.46. The molecule has 1 heterocycles. The number of nitrogens with zero attached hydrogens (tertiary/aromatic N) is 4. The summed E-state index contributed by atoms with van der Waals surface area (Å²) in [5.41, 5.74) is 2.87. The number of amides is 2. The highest BCUT2D eigenvalue weighted by Gasteiger charge is 2.36. The molecule has 0 N–H and O–H groups in total. The first-order chi connectivity index (χ1) is 14.7. The van der Waals surface area contributed by atoms with Crippen molar-refractivity contribution in [2.45, 2.75) is 32.4 Å². The van der Waals surface area contributed by atoms with Crippen molar-refractivity contribution in [2.24, 2.45) is 0 Å². The Morgan fingerprint density at radius 3 is 2.39 bits per heavy atom. The SMILES string of the molecule is Cc1cc(C(=O)N2CCCC2C(=O)N(C)Cc2ccc(N(C)C)cc2)ccc1[N+](=O)[O-]. The molecule has 0 aliphatic carbocycles. The van der Waals surface area contributed by atoms with Crippen molar-refractivity contribution in [1.29, 1.82) is 0 Å². The molecule has 0 saturated carbocycles. The molecule has 1 unspecified atom stereocenters. The molecule has 1 saturated heterocycles. The Balaban J connectivity index is 1.71. The zero-order valence-corrected chi connectivity index (χ0v) is 18.4. The topological polar surface area (TPSA) is 87.0 Å².